The third-order valence-electron chi connectivity index (χ3n) is 8.65. The lowest BCUT2D eigenvalue weighted by Crippen LogP contribution is -2.48. The molecular formula is C29H33ClN2O4S. The van der Waals surface area contributed by atoms with Gasteiger partial charge in [-0.15, -0.1) is 0 Å². The van der Waals surface area contributed by atoms with E-state index in [1.54, 1.807) is 6.07 Å². The maximum Gasteiger partial charge on any atom is 0.264 e. The van der Waals surface area contributed by atoms with Gasteiger partial charge >= 0.3 is 0 Å². The van der Waals surface area contributed by atoms with Gasteiger partial charge in [0.15, 0.2) is 0 Å². The maximum atomic E-state index is 13.0. The molecule has 2 bridgehead atoms. The van der Waals surface area contributed by atoms with Crippen molar-refractivity contribution in [1.82, 2.24) is 4.72 Å². The van der Waals surface area contributed by atoms with Gasteiger partial charge in [0.2, 0.25) is 10.0 Å². The minimum absolute atomic E-state index is 0.0662. The molecule has 6 rings (SSSR count). The summed E-state index contributed by atoms with van der Waals surface area (Å²) in [6.45, 7) is 2.21. The fraction of sp³-hybridized carbons (Fsp3) is 0.483. The van der Waals surface area contributed by atoms with E-state index in [0.29, 0.717) is 36.8 Å². The Morgan fingerprint density at radius 1 is 1.11 bits per heavy atom. The molecule has 4 aliphatic rings. The number of aryl methyl sites for hydroxylation is 1. The first-order valence-corrected chi connectivity index (χ1v) is 15.4. The van der Waals surface area contributed by atoms with Crippen molar-refractivity contribution in [3.05, 3.63) is 70.3 Å². The number of sulfonamides is 1. The molecule has 0 aromatic heterocycles. The molecule has 0 radical (unpaired) electrons. The van der Waals surface area contributed by atoms with E-state index in [1.165, 1.54) is 11.1 Å². The summed E-state index contributed by atoms with van der Waals surface area (Å²) in [4.78, 5) is 15.4. The maximum absolute atomic E-state index is 13.0. The first-order chi connectivity index (χ1) is 17.8. The van der Waals surface area contributed by atoms with Crippen LogP contribution in [0.1, 0.15) is 60.0 Å². The second-order valence-corrected chi connectivity index (χ2v) is 13.4. The number of nitrogens with zero attached hydrogens (tertiary/aromatic N) is 1. The first-order valence-electron chi connectivity index (χ1n) is 13.3. The molecule has 8 heteroatoms. The normalized spacial score (nSPS) is 29.8. The van der Waals surface area contributed by atoms with Crippen molar-refractivity contribution in [2.24, 2.45) is 11.8 Å². The molecule has 2 heterocycles. The second kappa shape index (κ2) is 9.66. The summed E-state index contributed by atoms with van der Waals surface area (Å²) in [5, 5.41) is 0.762. The van der Waals surface area contributed by atoms with E-state index in [0.717, 1.165) is 61.7 Å². The van der Waals surface area contributed by atoms with Crippen LogP contribution in [-0.4, -0.2) is 39.8 Å². The molecule has 1 spiro atoms. The number of nitrogens with one attached hydrogen (secondary N) is 1. The van der Waals surface area contributed by atoms with Crippen LogP contribution in [0.15, 0.2) is 48.6 Å². The summed E-state index contributed by atoms with van der Waals surface area (Å²) in [5.41, 5.74) is 3.62. The van der Waals surface area contributed by atoms with Gasteiger partial charge in [0, 0.05) is 29.1 Å². The Morgan fingerprint density at radius 3 is 2.84 bits per heavy atom. The number of anilines is 1. The molecule has 196 valence electrons. The van der Waals surface area contributed by atoms with Crippen molar-refractivity contribution in [3.8, 4) is 5.75 Å². The highest BCUT2D eigenvalue weighted by molar-refractivity contribution is 7.90. The van der Waals surface area contributed by atoms with Gasteiger partial charge in [-0.3, -0.25) is 4.79 Å². The Balaban J connectivity index is 1.42. The van der Waals surface area contributed by atoms with Crippen LogP contribution < -0.4 is 14.4 Å². The molecule has 1 fully saturated rings. The number of hydrogen-bond acceptors (Lipinski definition) is 5. The Kier molecular flexibility index (Phi) is 6.48. The molecule has 1 N–H and O–H groups in total. The Morgan fingerprint density at radius 2 is 2.00 bits per heavy atom. The molecule has 2 aliphatic carbocycles. The lowest BCUT2D eigenvalue weighted by molar-refractivity contribution is 0.0981. The molecule has 3 atom stereocenters. The summed E-state index contributed by atoms with van der Waals surface area (Å²) in [5.74, 6) is 1.09. The highest BCUT2D eigenvalue weighted by Crippen LogP contribution is 2.46. The zero-order chi connectivity index (χ0) is 25.6. The van der Waals surface area contributed by atoms with Crippen LogP contribution in [0.5, 0.6) is 5.75 Å². The fourth-order valence-electron chi connectivity index (χ4n) is 6.53. The zero-order valence-corrected chi connectivity index (χ0v) is 22.5. The summed E-state index contributed by atoms with van der Waals surface area (Å²) >= 11 is 6.36. The third kappa shape index (κ3) is 4.88. The molecule has 37 heavy (non-hydrogen) atoms. The SMILES string of the molecule is O=C1NS(=O)(=O)CCC/C=C\[C@@H]2CC[C@H]2CN2C[C@@]3(CCCc4cc(Cl)ccc43)COc3ccc1cc32. The summed E-state index contributed by atoms with van der Waals surface area (Å²) in [6, 6.07) is 11.5. The van der Waals surface area contributed by atoms with Crippen molar-refractivity contribution in [3.63, 3.8) is 0 Å². The number of benzene rings is 2. The largest absolute Gasteiger partial charge is 0.490 e. The topological polar surface area (TPSA) is 75.7 Å². The smallest absolute Gasteiger partial charge is 0.264 e. The third-order valence-corrected chi connectivity index (χ3v) is 10.2. The van der Waals surface area contributed by atoms with Crippen LogP contribution in [0.4, 0.5) is 5.69 Å². The van der Waals surface area contributed by atoms with Crippen molar-refractivity contribution in [1.29, 1.82) is 0 Å². The molecule has 0 unspecified atom stereocenters. The van der Waals surface area contributed by atoms with E-state index >= 15 is 0 Å². The van der Waals surface area contributed by atoms with Crippen molar-refractivity contribution < 1.29 is 17.9 Å². The number of allylic oxidation sites excluding steroid dienone is 2. The van der Waals surface area contributed by atoms with Crippen LogP contribution in [0.25, 0.3) is 0 Å². The summed E-state index contributed by atoms with van der Waals surface area (Å²) in [6.07, 6.45) is 11.0. The van der Waals surface area contributed by atoms with Crippen LogP contribution in [0.2, 0.25) is 5.02 Å². The number of fused-ring (bicyclic) bond motifs is 4. The molecule has 2 aromatic carbocycles. The molecule has 1 amide bonds. The highest BCUT2D eigenvalue weighted by Gasteiger charge is 2.43. The van der Waals surface area contributed by atoms with Gasteiger partial charge in [-0.25, -0.2) is 13.1 Å². The lowest BCUT2D eigenvalue weighted by Gasteiger charge is -2.44. The number of rotatable bonds is 0. The predicted octanol–water partition coefficient (Wildman–Crippen LogP) is 5.25. The molecule has 0 saturated heterocycles. The predicted molar refractivity (Wildman–Crippen MR) is 146 cm³/mol. The molecule has 2 aromatic rings. The van der Waals surface area contributed by atoms with Gasteiger partial charge in [-0.2, -0.15) is 0 Å². The Hall–Kier alpha value is -2.51. The van der Waals surface area contributed by atoms with E-state index in [2.05, 4.69) is 33.9 Å². The number of ether oxygens (including phenoxy) is 1. The molecule has 1 saturated carbocycles. The first kappa shape index (κ1) is 24.8. The van der Waals surface area contributed by atoms with E-state index in [1.807, 2.05) is 18.2 Å². The van der Waals surface area contributed by atoms with Gasteiger partial charge in [-0.05, 0) is 98.2 Å². The van der Waals surface area contributed by atoms with Crippen molar-refractivity contribution in [2.45, 2.75) is 50.4 Å². The Bertz CT molecular complexity index is 1360. The van der Waals surface area contributed by atoms with Crippen LogP contribution in [0.3, 0.4) is 0 Å². The lowest BCUT2D eigenvalue weighted by atomic mass is 9.69. The molecular weight excluding hydrogens is 508 g/mol. The highest BCUT2D eigenvalue weighted by atomic mass is 35.5. The van der Waals surface area contributed by atoms with Gasteiger partial charge in [-0.1, -0.05) is 29.8 Å². The summed E-state index contributed by atoms with van der Waals surface area (Å²) < 4.78 is 33.8. The Labute approximate surface area is 224 Å². The number of hydrogen-bond donors (Lipinski definition) is 1. The van der Waals surface area contributed by atoms with Gasteiger partial charge in [0.05, 0.1) is 18.0 Å². The van der Waals surface area contributed by atoms with Gasteiger partial charge in [0.25, 0.3) is 5.91 Å². The minimum Gasteiger partial charge on any atom is -0.490 e. The molecule has 6 nitrogen and oxygen atoms in total. The standard InChI is InChI=1S/C29H33ClN2O4S/c30-24-10-11-25-21(15-24)6-4-13-29(25)18-32-17-23-8-7-20(23)5-2-1-3-14-37(34,35)31-28(33)22-9-12-27(36-19-29)26(32)16-22/h2,5,9-12,15-16,20,23H,1,3-4,6-8,13-14,17-19H2,(H,31,33)/b5-2-/t20-,23+,29+/m1/s1. The fourth-order valence-corrected chi connectivity index (χ4v) is 7.77. The van der Waals surface area contributed by atoms with Crippen LogP contribution >= 0.6 is 11.6 Å². The van der Waals surface area contributed by atoms with E-state index in [9.17, 15) is 13.2 Å². The summed E-state index contributed by atoms with van der Waals surface area (Å²) in [7, 11) is -3.70. The van der Waals surface area contributed by atoms with E-state index < -0.39 is 15.9 Å². The van der Waals surface area contributed by atoms with Crippen molar-refractivity contribution >= 4 is 33.2 Å². The number of amides is 1. The average molecular weight is 541 g/mol. The number of carbonyl (C=O) groups is 1. The van der Waals surface area contributed by atoms with Crippen LogP contribution in [0, 0.1) is 11.8 Å². The minimum atomic E-state index is -3.70. The number of carbonyl (C=O) groups excluding carboxylic acids is 1. The zero-order valence-electron chi connectivity index (χ0n) is 20.9. The van der Waals surface area contributed by atoms with Crippen LogP contribution in [-0.2, 0) is 21.9 Å². The quantitative estimate of drug-likeness (QED) is 0.462. The van der Waals surface area contributed by atoms with Gasteiger partial charge in [0.1, 0.15) is 5.75 Å². The molecule has 2 aliphatic heterocycles. The second-order valence-electron chi connectivity index (χ2n) is 11.1. The van der Waals surface area contributed by atoms with E-state index in [4.69, 9.17) is 16.3 Å². The van der Waals surface area contributed by atoms with E-state index in [-0.39, 0.29) is 11.2 Å². The van der Waals surface area contributed by atoms with Gasteiger partial charge < -0.3 is 9.64 Å². The number of halogens is 1. The van der Waals surface area contributed by atoms with Crippen molar-refractivity contribution in [2.75, 3.05) is 30.3 Å². The average Bonchev–Trinajstić information content (AvgIpc) is 3.00. The monoisotopic (exact) mass is 540 g/mol.